The van der Waals surface area contributed by atoms with Crippen LogP contribution in [-0.4, -0.2) is 6.18 Å². The Kier molecular flexibility index (Phi) is 3.89. The molecule has 1 aromatic rings. The first-order chi connectivity index (χ1) is 8.00. The van der Waals surface area contributed by atoms with Crippen molar-refractivity contribution >= 4 is 0 Å². The quantitative estimate of drug-likeness (QED) is 0.816. The maximum Gasteiger partial charge on any atom is 0.416 e. The molecule has 0 unspecified atom stereocenters. The summed E-state index contributed by atoms with van der Waals surface area (Å²) in [4.78, 5) is 0. The summed E-state index contributed by atoms with van der Waals surface area (Å²) in [5, 5.41) is 0. The van der Waals surface area contributed by atoms with Gasteiger partial charge in [-0.3, -0.25) is 0 Å². The fraction of sp³-hybridized carbons (Fsp3) is 0.400. The molecular weight excluding hydrogens is 267 g/mol. The summed E-state index contributed by atoms with van der Waals surface area (Å²) in [6, 6.07) is -0.497. The molecular formula is C10H8F7N. The van der Waals surface area contributed by atoms with Crippen molar-refractivity contribution in [3.8, 4) is 0 Å². The number of hydrogen-bond acceptors (Lipinski definition) is 1. The Morgan fingerprint density at radius 2 is 1.61 bits per heavy atom. The van der Waals surface area contributed by atoms with E-state index in [0.29, 0.717) is 12.1 Å². The van der Waals surface area contributed by atoms with Gasteiger partial charge in [-0.05, 0) is 17.7 Å². The number of rotatable bonds is 2. The van der Waals surface area contributed by atoms with Crippen molar-refractivity contribution in [2.24, 2.45) is 5.73 Å². The fourth-order valence-corrected chi connectivity index (χ4v) is 1.46. The Balaban J connectivity index is 3.16. The second-order valence-electron chi connectivity index (χ2n) is 3.66. The lowest BCUT2D eigenvalue weighted by molar-refractivity contribution is -0.144. The summed E-state index contributed by atoms with van der Waals surface area (Å²) in [5.41, 5.74) is 2.82. The predicted octanol–water partition coefficient (Wildman–Crippen LogP) is 3.80. The van der Waals surface area contributed by atoms with Crippen molar-refractivity contribution in [3.05, 3.63) is 35.1 Å². The molecule has 18 heavy (non-hydrogen) atoms. The van der Waals surface area contributed by atoms with E-state index < -0.39 is 41.8 Å². The van der Waals surface area contributed by atoms with Gasteiger partial charge in [0.25, 0.3) is 0 Å². The van der Waals surface area contributed by atoms with Crippen LogP contribution in [0.5, 0.6) is 0 Å². The summed E-state index contributed by atoms with van der Waals surface area (Å²) in [5.74, 6) is -1.19. The minimum absolute atomic E-state index is 0.131. The van der Waals surface area contributed by atoms with Gasteiger partial charge in [-0.25, -0.2) is 4.39 Å². The van der Waals surface area contributed by atoms with E-state index in [0.717, 1.165) is 0 Å². The first kappa shape index (κ1) is 14.7. The van der Waals surface area contributed by atoms with Gasteiger partial charge in [-0.2, -0.15) is 26.3 Å². The van der Waals surface area contributed by atoms with Crippen LogP contribution in [0.25, 0.3) is 0 Å². The van der Waals surface area contributed by atoms with Crippen LogP contribution in [0.3, 0.4) is 0 Å². The molecule has 0 aliphatic heterocycles. The van der Waals surface area contributed by atoms with E-state index in [9.17, 15) is 30.7 Å². The predicted molar refractivity (Wildman–Crippen MR) is 49.0 cm³/mol. The number of hydrogen-bond donors (Lipinski definition) is 1. The standard InChI is InChI=1S/C10H8F7N/c11-5-1-2-6(7(3-5)10(15,16)17)8(18)4-9(12,13)14/h1-3,8H,4,18H2/t8-/m0/s1. The molecule has 0 aliphatic carbocycles. The topological polar surface area (TPSA) is 26.0 Å². The minimum atomic E-state index is -4.96. The van der Waals surface area contributed by atoms with E-state index >= 15 is 0 Å². The van der Waals surface area contributed by atoms with Gasteiger partial charge in [-0.15, -0.1) is 0 Å². The summed E-state index contributed by atoms with van der Waals surface area (Å²) in [7, 11) is 0. The Morgan fingerprint density at radius 1 is 1.06 bits per heavy atom. The molecule has 1 rings (SSSR count). The van der Waals surface area contributed by atoms with Gasteiger partial charge >= 0.3 is 12.4 Å². The summed E-state index contributed by atoms with van der Waals surface area (Å²) >= 11 is 0. The fourth-order valence-electron chi connectivity index (χ4n) is 1.46. The van der Waals surface area contributed by atoms with Gasteiger partial charge in [0, 0.05) is 6.04 Å². The first-order valence-electron chi connectivity index (χ1n) is 4.69. The van der Waals surface area contributed by atoms with Crippen molar-refractivity contribution in [1.82, 2.24) is 0 Å². The van der Waals surface area contributed by atoms with Crippen LogP contribution < -0.4 is 5.73 Å². The van der Waals surface area contributed by atoms with E-state index in [-0.39, 0.29) is 6.07 Å². The highest BCUT2D eigenvalue weighted by atomic mass is 19.4. The number of halogens is 7. The lowest BCUT2D eigenvalue weighted by atomic mass is 9.98. The highest BCUT2D eigenvalue weighted by Crippen LogP contribution is 2.37. The van der Waals surface area contributed by atoms with Crippen LogP contribution in [0.1, 0.15) is 23.6 Å². The summed E-state index contributed by atoms with van der Waals surface area (Å²) < 4.78 is 86.5. The van der Waals surface area contributed by atoms with Crippen LogP contribution in [-0.2, 0) is 6.18 Å². The van der Waals surface area contributed by atoms with E-state index in [2.05, 4.69) is 0 Å². The monoisotopic (exact) mass is 275 g/mol. The van der Waals surface area contributed by atoms with Gasteiger partial charge in [0.15, 0.2) is 0 Å². The molecule has 0 aliphatic rings. The maximum absolute atomic E-state index is 12.7. The van der Waals surface area contributed by atoms with Gasteiger partial charge in [0.2, 0.25) is 0 Å². The smallest absolute Gasteiger partial charge is 0.324 e. The van der Waals surface area contributed by atoms with Crippen LogP contribution in [0.4, 0.5) is 30.7 Å². The molecule has 0 amide bonds. The lowest BCUT2D eigenvalue weighted by Crippen LogP contribution is -2.23. The Hall–Kier alpha value is -1.31. The van der Waals surface area contributed by atoms with Gasteiger partial charge < -0.3 is 5.73 Å². The normalized spacial score (nSPS) is 14.7. The second kappa shape index (κ2) is 4.75. The van der Waals surface area contributed by atoms with E-state index in [1.165, 1.54) is 0 Å². The zero-order valence-corrected chi connectivity index (χ0v) is 8.74. The molecule has 0 bridgehead atoms. The average molecular weight is 275 g/mol. The average Bonchev–Trinajstić information content (AvgIpc) is 2.13. The molecule has 0 aromatic heterocycles. The molecule has 8 heteroatoms. The Bertz CT molecular complexity index is 421. The van der Waals surface area contributed by atoms with Crippen molar-refractivity contribution < 1.29 is 30.7 Å². The number of benzene rings is 1. The molecule has 0 spiro atoms. The van der Waals surface area contributed by atoms with E-state index in [1.54, 1.807) is 0 Å². The number of alkyl halides is 6. The van der Waals surface area contributed by atoms with Crippen molar-refractivity contribution in [1.29, 1.82) is 0 Å². The largest absolute Gasteiger partial charge is 0.416 e. The molecule has 0 heterocycles. The molecule has 0 saturated carbocycles. The highest BCUT2D eigenvalue weighted by molar-refractivity contribution is 5.33. The van der Waals surface area contributed by atoms with Crippen molar-refractivity contribution in [3.63, 3.8) is 0 Å². The van der Waals surface area contributed by atoms with Crippen LogP contribution in [0, 0.1) is 5.82 Å². The molecule has 0 fully saturated rings. The maximum atomic E-state index is 12.7. The SMILES string of the molecule is N[C@@H](CC(F)(F)F)c1ccc(F)cc1C(F)(F)F. The van der Waals surface area contributed by atoms with Crippen LogP contribution >= 0.6 is 0 Å². The molecule has 102 valence electrons. The Morgan fingerprint density at radius 3 is 2.06 bits per heavy atom. The highest BCUT2D eigenvalue weighted by Gasteiger charge is 2.38. The Labute approximate surface area is 97.4 Å². The molecule has 2 N–H and O–H groups in total. The third kappa shape index (κ3) is 3.86. The van der Waals surface area contributed by atoms with E-state index in [1.807, 2.05) is 0 Å². The molecule has 1 aromatic carbocycles. The molecule has 1 atom stereocenters. The minimum Gasteiger partial charge on any atom is -0.324 e. The van der Waals surface area contributed by atoms with Gasteiger partial charge in [0.05, 0.1) is 12.0 Å². The van der Waals surface area contributed by atoms with Crippen LogP contribution in [0.15, 0.2) is 18.2 Å². The third-order valence-electron chi connectivity index (χ3n) is 2.17. The zero-order chi connectivity index (χ0) is 14.1. The van der Waals surface area contributed by atoms with E-state index in [4.69, 9.17) is 5.73 Å². The second-order valence-corrected chi connectivity index (χ2v) is 3.66. The van der Waals surface area contributed by atoms with Crippen molar-refractivity contribution in [2.45, 2.75) is 24.8 Å². The molecule has 1 nitrogen and oxygen atoms in total. The summed E-state index contributed by atoms with van der Waals surface area (Å²) in [6.45, 7) is 0. The molecule has 0 saturated heterocycles. The first-order valence-corrected chi connectivity index (χ1v) is 4.69. The molecule has 0 radical (unpaired) electrons. The van der Waals surface area contributed by atoms with Gasteiger partial charge in [0.1, 0.15) is 5.82 Å². The van der Waals surface area contributed by atoms with Crippen molar-refractivity contribution in [2.75, 3.05) is 0 Å². The van der Waals surface area contributed by atoms with Crippen LogP contribution in [0.2, 0.25) is 0 Å². The summed E-state index contributed by atoms with van der Waals surface area (Å²) in [6.07, 6.45) is -11.3. The number of nitrogens with two attached hydrogens (primary N) is 1. The third-order valence-corrected chi connectivity index (χ3v) is 2.17. The lowest BCUT2D eigenvalue weighted by Gasteiger charge is -2.19. The zero-order valence-electron chi connectivity index (χ0n) is 8.74. The van der Waals surface area contributed by atoms with Gasteiger partial charge in [-0.1, -0.05) is 6.07 Å².